The monoisotopic (exact) mass is 384 g/mol. The summed E-state index contributed by atoms with van der Waals surface area (Å²) >= 11 is 0. The van der Waals surface area contributed by atoms with E-state index < -0.39 is 6.04 Å². The molecule has 2 aromatic rings. The minimum Gasteiger partial charge on any atom is -0.493 e. The summed E-state index contributed by atoms with van der Waals surface area (Å²) in [7, 11) is 5.00. The molecular weight excluding hydrogens is 360 g/mol. The Kier molecular flexibility index (Phi) is 4.49. The molecule has 8 nitrogen and oxygen atoms in total. The van der Waals surface area contributed by atoms with E-state index in [9.17, 15) is 9.59 Å². The number of hydrogen-bond donors (Lipinski definition) is 1. The van der Waals surface area contributed by atoms with E-state index in [4.69, 9.17) is 9.47 Å². The van der Waals surface area contributed by atoms with Crippen LogP contribution in [0.3, 0.4) is 0 Å². The van der Waals surface area contributed by atoms with Crippen molar-refractivity contribution in [2.45, 2.75) is 31.8 Å². The van der Waals surface area contributed by atoms with E-state index in [1.807, 2.05) is 31.0 Å². The first-order chi connectivity index (χ1) is 13.4. The second-order valence-electron chi connectivity index (χ2n) is 7.22. The minimum absolute atomic E-state index is 0.104. The number of carbonyl (C=O) groups is 2. The molecule has 0 saturated carbocycles. The summed E-state index contributed by atoms with van der Waals surface area (Å²) in [5.41, 5.74) is 3.62. The summed E-state index contributed by atoms with van der Waals surface area (Å²) in [6.07, 6.45) is 2.57. The molecule has 1 N–H and O–H groups in total. The second kappa shape index (κ2) is 6.85. The van der Waals surface area contributed by atoms with Gasteiger partial charge in [-0.15, -0.1) is 0 Å². The molecule has 1 aromatic carbocycles. The highest BCUT2D eigenvalue weighted by Crippen LogP contribution is 2.41. The quantitative estimate of drug-likeness (QED) is 0.865. The Bertz CT molecular complexity index is 952. The zero-order valence-corrected chi connectivity index (χ0v) is 16.5. The van der Waals surface area contributed by atoms with Crippen molar-refractivity contribution in [3.63, 3.8) is 0 Å². The van der Waals surface area contributed by atoms with E-state index in [2.05, 4.69) is 10.4 Å². The predicted octanol–water partition coefficient (Wildman–Crippen LogP) is 1.43. The Hall–Kier alpha value is -3.03. The molecule has 2 atom stereocenters. The summed E-state index contributed by atoms with van der Waals surface area (Å²) in [5.74, 6) is 0.993. The molecule has 1 fully saturated rings. The number of carbonyl (C=O) groups excluding carboxylic acids is 2. The van der Waals surface area contributed by atoms with Crippen molar-refractivity contribution in [1.29, 1.82) is 0 Å². The molecular formula is C20H24N4O4. The van der Waals surface area contributed by atoms with E-state index >= 15 is 0 Å². The molecule has 148 valence electrons. The molecule has 2 amide bonds. The second-order valence-corrected chi connectivity index (χ2v) is 7.22. The first-order valence-corrected chi connectivity index (χ1v) is 9.27. The Labute approximate surface area is 163 Å². The number of aryl methyl sites for hydroxylation is 1. The number of amides is 2. The molecule has 2 aliphatic heterocycles. The topological polar surface area (TPSA) is 85.7 Å². The lowest BCUT2D eigenvalue weighted by Crippen LogP contribution is -2.42. The van der Waals surface area contributed by atoms with Gasteiger partial charge >= 0.3 is 0 Å². The SMILES string of the molecule is COc1cc2c(cc1OC)C1CC(=O)NC(c3cnn(C)c3C)C(=O)N1CC2. The van der Waals surface area contributed by atoms with Crippen LogP contribution in [0.25, 0.3) is 0 Å². The number of benzene rings is 1. The maximum absolute atomic E-state index is 13.4. The molecule has 0 aliphatic carbocycles. The summed E-state index contributed by atoms with van der Waals surface area (Å²) in [6.45, 7) is 2.45. The highest BCUT2D eigenvalue weighted by molar-refractivity contribution is 5.92. The molecule has 2 unspecified atom stereocenters. The molecule has 28 heavy (non-hydrogen) atoms. The van der Waals surface area contributed by atoms with Crippen LogP contribution in [-0.4, -0.2) is 47.3 Å². The fourth-order valence-corrected chi connectivity index (χ4v) is 4.15. The highest BCUT2D eigenvalue weighted by atomic mass is 16.5. The molecule has 0 spiro atoms. The van der Waals surface area contributed by atoms with Crippen molar-refractivity contribution in [3.05, 3.63) is 40.7 Å². The molecule has 1 saturated heterocycles. The third-order valence-electron chi connectivity index (χ3n) is 5.80. The van der Waals surface area contributed by atoms with E-state index in [1.54, 1.807) is 25.1 Å². The number of aromatic nitrogens is 2. The van der Waals surface area contributed by atoms with Crippen molar-refractivity contribution in [2.24, 2.45) is 7.05 Å². The predicted molar refractivity (Wildman–Crippen MR) is 101 cm³/mol. The van der Waals surface area contributed by atoms with E-state index in [1.165, 1.54) is 0 Å². The van der Waals surface area contributed by atoms with Gasteiger partial charge in [-0.2, -0.15) is 5.10 Å². The molecule has 0 bridgehead atoms. The van der Waals surface area contributed by atoms with Crippen molar-refractivity contribution in [3.8, 4) is 11.5 Å². The molecule has 1 aromatic heterocycles. The van der Waals surface area contributed by atoms with Crippen LogP contribution < -0.4 is 14.8 Å². The van der Waals surface area contributed by atoms with Crippen LogP contribution in [0.5, 0.6) is 11.5 Å². The Balaban J connectivity index is 1.76. The van der Waals surface area contributed by atoms with Gasteiger partial charge in [-0.05, 0) is 36.6 Å². The van der Waals surface area contributed by atoms with Crippen LogP contribution in [-0.2, 0) is 23.1 Å². The maximum atomic E-state index is 13.4. The van der Waals surface area contributed by atoms with Gasteiger partial charge in [-0.25, -0.2) is 0 Å². The van der Waals surface area contributed by atoms with Crippen LogP contribution in [0, 0.1) is 6.92 Å². The van der Waals surface area contributed by atoms with Gasteiger partial charge in [-0.1, -0.05) is 0 Å². The molecule has 0 radical (unpaired) electrons. The average molecular weight is 384 g/mol. The number of fused-ring (bicyclic) bond motifs is 3. The van der Waals surface area contributed by atoms with Crippen molar-refractivity contribution < 1.29 is 19.1 Å². The van der Waals surface area contributed by atoms with Gasteiger partial charge < -0.3 is 19.7 Å². The van der Waals surface area contributed by atoms with Gasteiger partial charge in [-0.3, -0.25) is 14.3 Å². The third-order valence-corrected chi connectivity index (χ3v) is 5.80. The zero-order chi connectivity index (χ0) is 20.0. The van der Waals surface area contributed by atoms with Crippen molar-refractivity contribution >= 4 is 11.8 Å². The fraction of sp³-hybridized carbons (Fsp3) is 0.450. The van der Waals surface area contributed by atoms with E-state index in [-0.39, 0.29) is 24.3 Å². The molecule has 8 heteroatoms. The number of nitrogens with zero attached hydrogens (tertiary/aromatic N) is 3. The number of nitrogens with one attached hydrogen (secondary N) is 1. The van der Waals surface area contributed by atoms with E-state index in [0.29, 0.717) is 24.5 Å². The summed E-state index contributed by atoms with van der Waals surface area (Å²) in [6, 6.07) is 2.80. The lowest BCUT2D eigenvalue weighted by atomic mass is 9.90. The average Bonchev–Trinajstić information content (AvgIpc) is 2.96. The standard InChI is InChI=1S/C20H24N4O4/c1-11-14(10-21-23(11)2)19-20(26)24-6-5-12-7-16(27-3)17(28-4)8-13(12)15(24)9-18(25)22-19/h7-8,10,15,19H,5-6,9H2,1-4H3,(H,22,25). The van der Waals surface area contributed by atoms with Gasteiger partial charge in [0, 0.05) is 24.8 Å². The van der Waals surface area contributed by atoms with Crippen LogP contribution in [0.2, 0.25) is 0 Å². The van der Waals surface area contributed by atoms with Crippen molar-refractivity contribution in [2.75, 3.05) is 20.8 Å². The largest absolute Gasteiger partial charge is 0.493 e. The first-order valence-electron chi connectivity index (χ1n) is 9.27. The van der Waals surface area contributed by atoms with Gasteiger partial charge in [0.05, 0.1) is 32.9 Å². The third kappa shape index (κ3) is 2.80. The van der Waals surface area contributed by atoms with Gasteiger partial charge in [0.2, 0.25) is 11.8 Å². The number of ether oxygens (including phenoxy) is 2. The lowest BCUT2D eigenvalue weighted by molar-refractivity contribution is -0.135. The lowest BCUT2D eigenvalue weighted by Gasteiger charge is -2.36. The molecule has 3 heterocycles. The van der Waals surface area contributed by atoms with Gasteiger partial charge in [0.1, 0.15) is 6.04 Å². The Morgan fingerprint density at radius 3 is 2.50 bits per heavy atom. The smallest absolute Gasteiger partial charge is 0.250 e. The fourth-order valence-electron chi connectivity index (χ4n) is 4.15. The van der Waals surface area contributed by atoms with Crippen molar-refractivity contribution in [1.82, 2.24) is 20.0 Å². The zero-order valence-electron chi connectivity index (χ0n) is 16.5. The van der Waals surface area contributed by atoms with Crippen LogP contribution in [0.1, 0.15) is 40.9 Å². The number of methoxy groups -OCH3 is 2. The number of rotatable bonds is 3. The minimum atomic E-state index is -0.715. The van der Waals surface area contributed by atoms with E-state index in [0.717, 1.165) is 22.4 Å². The van der Waals surface area contributed by atoms with Gasteiger partial charge in [0.15, 0.2) is 11.5 Å². The summed E-state index contributed by atoms with van der Waals surface area (Å²) < 4.78 is 12.5. The van der Waals surface area contributed by atoms with Crippen LogP contribution in [0.15, 0.2) is 18.3 Å². The Morgan fingerprint density at radius 2 is 1.86 bits per heavy atom. The Morgan fingerprint density at radius 1 is 1.14 bits per heavy atom. The van der Waals surface area contributed by atoms with Crippen LogP contribution >= 0.6 is 0 Å². The molecule has 4 rings (SSSR count). The van der Waals surface area contributed by atoms with Crippen LogP contribution in [0.4, 0.5) is 0 Å². The summed E-state index contributed by atoms with van der Waals surface area (Å²) in [4.78, 5) is 27.9. The highest BCUT2D eigenvalue weighted by Gasteiger charge is 2.41. The molecule has 2 aliphatic rings. The number of hydrogen-bond acceptors (Lipinski definition) is 5. The normalized spacial score (nSPS) is 21.5. The maximum Gasteiger partial charge on any atom is 0.250 e. The summed E-state index contributed by atoms with van der Waals surface area (Å²) in [5, 5.41) is 7.13. The van der Waals surface area contributed by atoms with Gasteiger partial charge in [0.25, 0.3) is 0 Å². The first kappa shape index (κ1) is 18.3.